The molecule has 2 aliphatic rings. The minimum atomic E-state index is -1.23. The molecule has 1 fully saturated rings. The molecule has 250 valence electrons. The summed E-state index contributed by atoms with van der Waals surface area (Å²) in [5.74, 6) is -0.588. The monoisotopic (exact) mass is 664 g/mol. The van der Waals surface area contributed by atoms with Crippen LogP contribution in [0.1, 0.15) is 71.7 Å². The fraction of sp³-hybridized carbons (Fsp3) is 0.677. The third kappa shape index (κ3) is 11.2. The lowest BCUT2D eigenvalue weighted by Gasteiger charge is -2.38. The lowest BCUT2D eigenvalue weighted by Crippen LogP contribution is -2.65. The minimum Gasteiger partial charge on any atom is -0.381 e. The van der Waals surface area contributed by atoms with E-state index in [0.717, 1.165) is 11.4 Å². The van der Waals surface area contributed by atoms with Gasteiger partial charge in [0.15, 0.2) is 0 Å². The number of rotatable bonds is 3. The molecule has 0 saturated carbocycles. The van der Waals surface area contributed by atoms with Gasteiger partial charge < -0.3 is 31.7 Å². The van der Waals surface area contributed by atoms with Crippen molar-refractivity contribution in [2.45, 2.75) is 95.5 Å². The van der Waals surface area contributed by atoms with E-state index in [0.29, 0.717) is 23.7 Å². The van der Waals surface area contributed by atoms with Gasteiger partial charge in [-0.2, -0.15) is 23.5 Å². The number of aromatic nitrogens is 1. The van der Waals surface area contributed by atoms with Gasteiger partial charge in [0.25, 0.3) is 0 Å². The van der Waals surface area contributed by atoms with Crippen LogP contribution in [0.4, 0.5) is 0 Å². The number of hydrogen-bond donors (Lipinski definition) is 5. The molecule has 14 heteroatoms. The first-order chi connectivity index (χ1) is 21.2. The van der Waals surface area contributed by atoms with Crippen LogP contribution in [0, 0.1) is 11.3 Å². The summed E-state index contributed by atoms with van der Waals surface area (Å²) in [6.07, 6.45) is 1.05. The van der Waals surface area contributed by atoms with Gasteiger partial charge in [0.2, 0.25) is 29.5 Å². The predicted molar refractivity (Wildman–Crippen MR) is 176 cm³/mol. The zero-order valence-electron chi connectivity index (χ0n) is 26.9. The Morgan fingerprint density at radius 1 is 1.02 bits per heavy atom. The van der Waals surface area contributed by atoms with Crippen LogP contribution in [0.2, 0.25) is 0 Å². The second-order valence-electron chi connectivity index (χ2n) is 13.1. The summed E-state index contributed by atoms with van der Waals surface area (Å²) < 4.78 is 5.51. The number of fused-ring (bicyclic) bond motifs is 2. The Bertz CT molecular complexity index is 1220. The van der Waals surface area contributed by atoms with Gasteiger partial charge in [0.05, 0.1) is 11.4 Å². The van der Waals surface area contributed by atoms with E-state index in [-0.39, 0.29) is 50.1 Å². The average molecular weight is 665 g/mol. The van der Waals surface area contributed by atoms with Gasteiger partial charge in [-0.25, -0.2) is 0 Å². The molecule has 1 spiro atoms. The smallest absolute Gasteiger partial charge is 0.246 e. The number of primary amides is 1. The van der Waals surface area contributed by atoms with Crippen LogP contribution in [0.25, 0.3) is 0 Å². The van der Waals surface area contributed by atoms with E-state index in [2.05, 4.69) is 26.3 Å². The Balaban J connectivity index is 1.93. The lowest BCUT2D eigenvalue weighted by molar-refractivity contribution is -0.140. The van der Waals surface area contributed by atoms with E-state index in [1.807, 2.05) is 32.0 Å². The molecule has 3 rings (SSSR count). The molecule has 1 aromatic heterocycles. The molecule has 2 bridgehead atoms. The standard InChI is InChI=1S/C31H48N6O6S2/c1-19(2)15-22-27(40)36-25(30(3,4)5)28(41)34-23(26(32)39)18-45-17-21-8-6-7-20(33-21)16-44-14-9-24(38)37-31(29(42)35-22)10-12-43-13-11-31/h6-8,19,22-23,25H,9-18H2,1-5H3,(H2,32,39)(H,34,41)(H,35,42)(H,36,40)(H,37,38)/t22-,23-,25+/m0/s1. The van der Waals surface area contributed by atoms with Crippen molar-refractivity contribution in [2.24, 2.45) is 17.1 Å². The molecule has 5 amide bonds. The summed E-state index contributed by atoms with van der Waals surface area (Å²) in [6.45, 7) is 9.84. The first-order valence-corrected chi connectivity index (χ1v) is 17.7. The van der Waals surface area contributed by atoms with Gasteiger partial charge in [-0.3, -0.25) is 29.0 Å². The van der Waals surface area contributed by atoms with E-state index in [1.54, 1.807) is 32.5 Å². The zero-order chi connectivity index (χ0) is 33.2. The molecule has 6 N–H and O–H groups in total. The highest BCUT2D eigenvalue weighted by Crippen LogP contribution is 2.24. The Morgan fingerprint density at radius 3 is 2.27 bits per heavy atom. The molecule has 0 unspecified atom stereocenters. The third-order valence-electron chi connectivity index (χ3n) is 7.69. The van der Waals surface area contributed by atoms with Crippen molar-refractivity contribution in [3.05, 3.63) is 29.6 Å². The van der Waals surface area contributed by atoms with Crippen LogP contribution < -0.4 is 27.0 Å². The number of thioether (sulfide) groups is 2. The van der Waals surface area contributed by atoms with Crippen LogP contribution >= 0.6 is 23.5 Å². The number of ether oxygens (including phenoxy) is 1. The number of carbonyl (C=O) groups is 5. The van der Waals surface area contributed by atoms with E-state index >= 15 is 0 Å². The molecular formula is C31H48N6O6S2. The second kappa shape index (κ2) is 16.6. The number of carbonyl (C=O) groups excluding carboxylic acids is 5. The molecule has 1 aromatic rings. The van der Waals surface area contributed by atoms with Crippen molar-refractivity contribution in [3.63, 3.8) is 0 Å². The number of nitrogens with one attached hydrogen (secondary N) is 4. The summed E-state index contributed by atoms with van der Waals surface area (Å²) in [5, 5.41) is 11.4. The Kier molecular flexibility index (Phi) is 13.5. The van der Waals surface area contributed by atoms with Gasteiger partial charge >= 0.3 is 0 Å². The third-order valence-corrected chi connectivity index (χ3v) is 9.75. The van der Waals surface area contributed by atoms with E-state index in [4.69, 9.17) is 10.5 Å². The minimum absolute atomic E-state index is 0.0316. The Labute approximate surface area is 274 Å². The normalized spacial score (nSPS) is 24.8. The molecule has 2 aliphatic heterocycles. The summed E-state index contributed by atoms with van der Waals surface area (Å²) >= 11 is 2.98. The fourth-order valence-corrected chi connectivity index (χ4v) is 6.95. The highest BCUT2D eigenvalue weighted by Gasteiger charge is 2.43. The fourth-order valence-electron chi connectivity index (χ4n) is 5.14. The van der Waals surface area contributed by atoms with Crippen molar-refractivity contribution in [1.29, 1.82) is 0 Å². The largest absolute Gasteiger partial charge is 0.381 e. The summed E-state index contributed by atoms with van der Waals surface area (Å²) in [7, 11) is 0. The molecule has 0 aliphatic carbocycles. The maximum atomic E-state index is 13.9. The number of nitrogens with two attached hydrogens (primary N) is 1. The van der Waals surface area contributed by atoms with Gasteiger partial charge in [-0.1, -0.05) is 40.7 Å². The topological polar surface area (TPSA) is 182 Å². The molecule has 3 heterocycles. The van der Waals surface area contributed by atoms with Crippen molar-refractivity contribution >= 4 is 53.1 Å². The Hall–Kier alpha value is -2.84. The molecule has 12 nitrogen and oxygen atoms in total. The number of hydrogen-bond acceptors (Lipinski definition) is 9. The van der Waals surface area contributed by atoms with Crippen LogP contribution in [0.5, 0.6) is 0 Å². The van der Waals surface area contributed by atoms with E-state index in [1.165, 1.54) is 11.8 Å². The molecule has 45 heavy (non-hydrogen) atoms. The molecule has 0 aromatic carbocycles. The molecular weight excluding hydrogens is 617 g/mol. The highest BCUT2D eigenvalue weighted by atomic mass is 32.2. The van der Waals surface area contributed by atoms with Gasteiger partial charge in [0.1, 0.15) is 23.7 Å². The SMILES string of the molecule is CC(C)C[C@@H]1NC(=O)C2(CCOCC2)NC(=O)CCSCc2cccc(n2)CSC[C@@H](C(N)=O)NC(=O)[C@H](C(C)(C)C)NC1=O. The summed E-state index contributed by atoms with van der Waals surface area (Å²) in [5.41, 5.74) is 5.37. The van der Waals surface area contributed by atoms with Gasteiger partial charge in [0, 0.05) is 55.5 Å². The van der Waals surface area contributed by atoms with Crippen molar-refractivity contribution in [1.82, 2.24) is 26.3 Å². The van der Waals surface area contributed by atoms with Gasteiger partial charge in [-0.05, 0) is 29.9 Å². The van der Waals surface area contributed by atoms with Crippen LogP contribution in [0.15, 0.2) is 18.2 Å². The van der Waals surface area contributed by atoms with Crippen LogP contribution in [0.3, 0.4) is 0 Å². The molecule has 1 saturated heterocycles. The second-order valence-corrected chi connectivity index (χ2v) is 15.2. The summed E-state index contributed by atoms with van der Waals surface area (Å²) in [4.78, 5) is 71.3. The first-order valence-electron chi connectivity index (χ1n) is 15.4. The van der Waals surface area contributed by atoms with Crippen LogP contribution in [-0.4, -0.2) is 82.9 Å². The number of pyridine rings is 1. The first kappa shape index (κ1) is 36.6. The van der Waals surface area contributed by atoms with Crippen LogP contribution in [-0.2, 0) is 40.2 Å². The Morgan fingerprint density at radius 2 is 1.67 bits per heavy atom. The molecule has 0 radical (unpaired) electrons. The maximum Gasteiger partial charge on any atom is 0.246 e. The summed E-state index contributed by atoms with van der Waals surface area (Å²) in [6, 6.07) is 2.75. The van der Waals surface area contributed by atoms with Crippen molar-refractivity contribution in [2.75, 3.05) is 24.7 Å². The average Bonchev–Trinajstić information content (AvgIpc) is 2.96. The van der Waals surface area contributed by atoms with E-state index in [9.17, 15) is 24.0 Å². The van der Waals surface area contributed by atoms with E-state index < -0.39 is 52.7 Å². The number of nitrogens with zero attached hydrogens (tertiary/aromatic N) is 1. The maximum absolute atomic E-state index is 13.9. The van der Waals surface area contributed by atoms with Gasteiger partial charge in [-0.15, -0.1) is 0 Å². The lowest BCUT2D eigenvalue weighted by atomic mass is 9.85. The number of amides is 5. The highest BCUT2D eigenvalue weighted by molar-refractivity contribution is 7.98. The van der Waals surface area contributed by atoms with Crippen molar-refractivity contribution < 1.29 is 28.7 Å². The quantitative estimate of drug-likeness (QED) is 0.321. The predicted octanol–water partition coefficient (Wildman–Crippen LogP) is 1.65. The molecule has 3 atom stereocenters. The zero-order valence-corrected chi connectivity index (χ0v) is 28.5. The van der Waals surface area contributed by atoms with Crippen molar-refractivity contribution in [3.8, 4) is 0 Å².